The topological polar surface area (TPSA) is 201 Å². The van der Waals surface area contributed by atoms with Gasteiger partial charge in [0.2, 0.25) is 21.8 Å². The van der Waals surface area contributed by atoms with E-state index in [2.05, 4.69) is 14.8 Å². The minimum Gasteiger partial charge on any atom is -0.507 e. The Morgan fingerprint density at radius 2 is 1.77 bits per heavy atom. The van der Waals surface area contributed by atoms with Gasteiger partial charge < -0.3 is 19.9 Å². The molecule has 2 atom stereocenters. The van der Waals surface area contributed by atoms with Crippen LogP contribution in [0.2, 0.25) is 5.02 Å². The van der Waals surface area contributed by atoms with Crippen molar-refractivity contribution in [2.75, 3.05) is 20.3 Å². The van der Waals surface area contributed by atoms with Crippen LogP contribution in [0.3, 0.4) is 0 Å². The van der Waals surface area contributed by atoms with Crippen LogP contribution in [0.15, 0.2) is 71.6 Å². The normalized spacial score (nSPS) is 16.8. The average Bonchev–Trinajstić information content (AvgIpc) is 3.32. The fourth-order valence-electron chi connectivity index (χ4n) is 5.13. The smallest absolute Gasteiger partial charge is 0.345 e. The molecule has 6 N–H and O–H groups in total. The number of hydrogen-bond donors (Lipinski definition) is 6. The van der Waals surface area contributed by atoms with E-state index in [9.17, 15) is 37.0 Å². The number of amides is 2. The molecule has 1 aliphatic heterocycles. The van der Waals surface area contributed by atoms with Gasteiger partial charge >= 0.3 is 5.97 Å². The first-order valence-electron chi connectivity index (χ1n) is 15.1. The molecule has 1 aliphatic rings. The zero-order valence-electron chi connectivity index (χ0n) is 26.1. The van der Waals surface area contributed by atoms with E-state index in [0.717, 1.165) is 12.8 Å². The van der Waals surface area contributed by atoms with Crippen molar-refractivity contribution in [2.24, 2.45) is 0 Å². The molecule has 4 rings (SSSR count). The average molecular weight is 724 g/mol. The monoisotopic (exact) mass is 723 g/mol. The molecule has 1 saturated heterocycles. The summed E-state index contributed by atoms with van der Waals surface area (Å²) < 4.78 is 61.9. The van der Waals surface area contributed by atoms with Gasteiger partial charge in [-0.2, -0.15) is 4.72 Å². The van der Waals surface area contributed by atoms with Crippen LogP contribution in [-0.2, 0) is 30.8 Å². The molecular formula is C32H38ClN3O10S2. The molecule has 48 heavy (non-hydrogen) atoms. The quantitative estimate of drug-likeness (QED) is 0.0889. The molecular weight excluding hydrogens is 686 g/mol. The number of phenolic OH excluding ortho intramolecular Hbond substituents is 1. The lowest BCUT2D eigenvalue weighted by Gasteiger charge is -2.33. The van der Waals surface area contributed by atoms with E-state index < -0.39 is 49.9 Å². The molecule has 1 heterocycles. The number of halogens is 1. The number of benzene rings is 3. The predicted molar refractivity (Wildman–Crippen MR) is 180 cm³/mol. The van der Waals surface area contributed by atoms with Crippen molar-refractivity contribution in [3.8, 4) is 11.5 Å². The molecule has 2 amide bonds. The molecule has 0 spiro atoms. The zero-order chi connectivity index (χ0) is 34.9. The van der Waals surface area contributed by atoms with Gasteiger partial charge in [-0.05, 0) is 60.7 Å². The highest BCUT2D eigenvalue weighted by Crippen LogP contribution is 2.57. The van der Waals surface area contributed by atoms with Crippen molar-refractivity contribution < 1.29 is 46.5 Å². The second kappa shape index (κ2) is 16.5. The van der Waals surface area contributed by atoms with E-state index >= 15 is 0 Å². The van der Waals surface area contributed by atoms with Gasteiger partial charge in [0, 0.05) is 11.6 Å². The van der Waals surface area contributed by atoms with Gasteiger partial charge in [-0.25, -0.2) is 13.2 Å². The molecule has 2 unspecified atom stereocenters. The van der Waals surface area contributed by atoms with Crippen LogP contribution in [0.5, 0.6) is 11.5 Å². The zero-order valence-corrected chi connectivity index (χ0v) is 28.4. The van der Waals surface area contributed by atoms with Crippen molar-refractivity contribution >= 4 is 50.2 Å². The number of phenols is 1. The van der Waals surface area contributed by atoms with Gasteiger partial charge in [0.15, 0.2) is 0 Å². The Kier molecular flexibility index (Phi) is 12.7. The predicted octanol–water partition coefficient (Wildman–Crippen LogP) is 4.70. The van der Waals surface area contributed by atoms with E-state index in [1.807, 2.05) is 0 Å². The highest BCUT2D eigenvalue weighted by atomic mass is 35.5. The van der Waals surface area contributed by atoms with E-state index in [1.54, 1.807) is 36.4 Å². The summed E-state index contributed by atoms with van der Waals surface area (Å²) in [6.07, 6.45) is 2.50. The number of methoxy groups -OCH3 is 1. The summed E-state index contributed by atoms with van der Waals surface area (Å²) in [5, 5.41) is 12.0. The minimum absolute atomic E-state index is 0.00794. The Labute approximate surface area is 285 Å². The van der Waals surface area contributed by atoms with Gasteiger partial charge in [-0.15, -0.1) is 10.8 Å². The number of nitrogens with one attached hydrogen (secondary N) is 3. The lowest BCUT2D eigenvalue weighted by Crippen LogP contribution is -2.48. The summed E-state index contributed by atoms with van der Waals surface area (Å²) in [5.41, 5.74) is 0.815. The third-order valence-corrected chi connectivity index (χ3v) is 11.1. The van der Waals surface area contributed by atoms with Gasteiger partial charge in [-0.3, -0.25) is 23.4 Å². The number of ether oxygens (including phenoxy) is 2. The fraction of sp³-hybridized carbons (Fsp3) is 0.344. The third kappa shape index (κ3) is 9.61. The first-order valence-corrected chi connectivity index (χ1v) is 18.5. The van der Waals surface area contributed by atoms with Crippen LogP contribution in [0, 0.1) is 0 Å². The molecule has 0 aliphatic carbocycles. The second-order valence-corrected chi connectivity index (χ2v) is 15.1. The number of rotatable bonds is 16. The van der Waals surface area contributed by atoms with Gasteiger partial charge in [0.1, 0.15) is 28.4 Å². The maximum atomic E-state index is 13.3. The third-order valence-electron chi connectivity index (χ3n) is 7.57. The maximum absolute atomic E-state index is 13.3. The highest BCUT2D eigenvalue weighted by molar-refractivity contribution is 8.23. The molecule has 3 aromatic rings. The first-order chi connectivity index (χ1) is 22.8. The van der Waals surface area contributed by atoms with E-state index in [1.165, 1.54) is 37.4 Å². The first kappa shape index (κ1) is 37.0. The summed E-state index contributed by atoms with van der Waals surface area (Å²) in [7, 11) is -6.29. The molecule has 0 radical (unpaired) electrons. The van der Waals surface area contributed by atoms with E-state index in [4.69, 9.17) is 21.1 Å². The maximum Gasteiger partial charge on any atom is 0.345 e. The van der Waals surface area contributed by atoms with Gasteiger partial charge in [0.05, 0.1) is 25.0 Å². The SMILES string of the molecule is COC(=O)c1c(O)cccc1OCCCCCCNC(=O)C(Cc1ccc(C2CC(=O)NS2(O)O)c(Cl)c1)NS(=O)(=O)c1ccccc1. The molecule has 0 aromatic heterocycles. The van der Waals surface area contributed by atoms with E-state index in [-0.39, 0.29) is 53.0 Å². The molecule has 0 saturated carbocycles. The number of esters is 1. The molecule has 1 fully saturated rings. The largest absolute Gasteiger partial charge is 0.507 e. The van der Waals surface area contributed by atoms with Crippen molar-refractivity contribution in [1.82, 2.24) is 14.8 Å². The molecule has 16 heteroatoms. The van der Waals surface area contributed by atoms with Crippen LogP contribution >= 0.6 is 22.4 Å². The number of carbonyl (C=O) groups excluding carboxylic acids is 3. The Bertz CT molecular complexity index is 1720. The summed E-state index contributed by atoms with van der Waals surface area (Å²) in [6, 6.07) is 15.6. The number of carbonyl (C=O) groups is 3. The number of aromatic hydroxyl groups is 1. The lowest BCUT2D eigenvalue weighted by molar-refractivity contribution is -0.122. The standard InChI is InChI=1S/C32H38ClN3O10S2/c1-45-32(40)30-26(37)12-9-13-27(30)46-17-8-3-2-7-16-34-31(39)25(35-47(41,42)22-10-5-4-6-11-22)19-21-14-15-23(24(33)18-21)28-20-29(38)36-48(28,43)44/h4-6,9-15,18,25,28,35,37,43-44H,2-3,7-8,16-17,19-20H2,1H3,(H,34,39)(H,36,38). The highest BCUT2D eigenvalue weighted by Gasteiger charge is 2.39. The van der Waals surface area contributed by atoms with E-state index in [0.29, 0.717) is 24.0 Å². The van der Waals surface area contributed by atoms with Gasteiger partial charge in [-0.1, -0.05) is 60.8 Å². The second-order valence-electron chi connectivity index (χ2n) is 11.1. The number of sulfonamides is 1. The summed E-state index contributed by atoms with van der Waals surface area (Å²) in [6.45, 7) is 0.569. The van der Waals surface area contributed by atoms with Crippen LogP contribution in [0.25, 0.3) is 0 Å². The van der Waals surface area contributed by atoms with Crippen molar-refractivity contribution in [1.29, 1.82) is 0 Å². The lowest BCUT2D eigenvalue weighted by atomic mass is 10.0. The summed E-state index contributed by atoms with van der Waals surface area (Å²) in [5.74, 6) is -1.78. The van der Waals surface area contributed by atoms with Crippen molar-refractivity contribution in [3.63, 3.8) is 0 Å². The fourth-order valence-corrected chi connectivity index (χ4v) is 8.25. The van der Waals surface area contributed by atoms with Crippen LogP contribution in [0.4, 0.5) is 0 Å². The summed E-state index contributed by atoms with van der Waals surface area (Å²) >= 11 is 6.47. The summed E-state index contributed by atoms with van der Waals surface area (Å²) in [4.78, 5) is 37.0. The van der Waals surface area contributed by atoms with Crippen LogP contribution in [-0.4, -0.2) is 66.7 Å². The Morgan fingerprint density at radius 1 is 1.04 bits per heavy atom. The van der Waals surface area contributed by atoms with Crippen LogP contribution < -0.4 is 19.5 Å². The molecule has 260 valence electrons. The van der Waals surface area contributed by atoms with Gasteiger partial charge in [0.25, 0.3) is 0 Å². The number of hydrogen-bond acceptors (Lipinski definition) is 10. The Morgan fingerprint density at radius 3 is 2.44 bits per heavy atom. The number of unbranched alkanes of at least 4 members (excludes halogenated alkanes) is 3. The Balaban J connectivity index is 1.33. The van der Waals surface area contributed by atoms with Crippen molar-refractivity contribution in [2.45, 2.75) is 54.7 Å². The minimum atomic E-state index is -4.07. The molecule has 13 nitrogen and oxygen atoms in total. The Hall–Kier alpha value is -3.86. The van der Waals surface area contributed by atoms with Crippen LogP contribution in [0.1, 0.15) is 58.8 Å². The van der Waals surface area contributed by atoms with Crippen molar-refractivity contribution in [3.05, 3.63) is 88.4 Å². The molecule has 0 bridgehead atoms. The molecule has 3 aromatic carbocycles.